The van der Waals surface area contributed by atoms with Crippen molar-refractivity contribution >= 4 is 42.3 Å². The van der Waals surface area contributed by atoms with Gasteiger partial charge in [0.25, 0.3) is 9.84 Å². The van der Waals surface area contributed by atoms with Crippen molar-refractivity contribution in [1.82, 2.24) is 9.97 Å². The summed E-state index contributed by atoms with van der Waals surface area (Å²) in [7, 11) is 0. The zero-order valence-electron chi connectivity index (χ0n) is 9.83. The fourth-order valence-electron chi connectivity index (χ4n) is 2.70. The highest BCUT2D eigenvalue weighted by atomic mass is 32.1. The SMILES string of the molecule is c1cc2c(cn1)-c1sc3c4ccncc4sc3[n+]1C2. The predicted octanol–water partition coefficient (Wildman–Crippen LogP) is 3.22. The Bertz CT molecular complexity index is 952. The molecule has 0 spiro atoms. The van der Waals surface area contributed by atoms with Crippen molar-refractivity contribution in [2.45, 2.75) is 6.54 Å². The molecule has 4 aromatic rings. The van der Waals surface area contributed by atoms with E-state index < -0.39 is 0 Å². The van der Waals surface area contributed by atoms with Crippen LogP contribution in [-0.4, -0.2) is 9.97 Å². The van der Waals surface area contributed by atoms with Gasteiger partial charge in [0.05, 0.1) is 10.3 Å². The molecule has 0 N–H and O–H groups in total. The van der Waals surface area contributed by atoms with E-state index in [-0.39, 0.29) is 0 Å². The second-order valence-electron chi connectivity index (χ2n) is 4.63. The highest BCUT2D eigenvalue weighted by Gasteiger charge is 2.33. The molecule has 5 heteroatoms. The molecular weight excluding hydrogens is 274 g/mol. The van der Waals surface area contributed by atoms with Gasteiger partial charge in [-0.2, -0.15) is 4.57 Å². The first-order chi connectivity index (χ1) is 9.42. The second-order valence-corrected chi connectivity index (χ2v) is 6.66. The molecular formula is C14H8N3S2+. The maximum Gasteiger partial charge on any atom is 0.281 e. The Balaban J connectivity index is 1.93. The van der Waals surface area contributed by atoms with Crippen LogP contribution in [0.3, 0.4) is 0 Å². The molecule has 0 bridgehead atoms. The van der Waals surface area contributed by atoms with Crippen molar-refractivity contribution in [1.29, 1.82) is 0 Å². The van der Waals surface area contributed by atoms with Crippen LogP contribution in [0.4, 0.5) is 0 Å². The van der Waals surface area contributed by atoms with Crippen LogP contribution in [0, 0.1) is 0 Å². The lowest BCUT2D eigenvalue weighted by Gasteiger charge is -1.89. The highest BCUT2D eigenvalue weighted by Crippen LogP contribution is 2.41. The molecule has 4 aromatic heterocycles. The van der Waals surface area contributed by atoms with Gasteiger partial charge in [0.15, 0.2) is 6.54 Å². The fourth-order valence-corrected chi connectivity index (χ4v) is 5.38. The van der Waals surface area contributed by atoms with Crippen molar-refractivity contribution in [3.8, 4) is 10.6 Å². The monoisotopic (exact) mass is 282 g/mol. The molecule has 3 nitrogen and oxygen atoms in total. The third-order valence-corrected chi connectivity index (χ3v) is 6.13. The summed E-state index contributed by atoms with van der Waals surface area (Å²) >= 11 is 3.71. The van der Waals surface area contributed by atoms with Gasteiger partial charge in [-0.1, -0.05) is 22.7 Å². The summed E-state index contributed by atoms with van der Waals surface area (Å²) < 4.78 is 5.07. The van der Waals surface area contributed by atoms with Gasteiger partial charge in [0.2, 0.25) is 0 Å². The summed E-state index contributed by atoms with van der Waals surface area (Å²) in [6, 6.07) is 4.24. The van der Waals surface area contributed by atoms with Gasteiger partial charge < -0.3 is 0 Å². The Labute approximate surface area is 116 Å². The van der Waals surface area contributed by atoms with Gasteiger partial charge >= 0.3 is 0 Å². The zero-order valence-corrected chi connectivity index (χ0v) is 11.5. The Hall–Kier alpha value is -1.85. The first-order valence-corrected chi connectivity index (χ1v) is 7.67. The second kappa shape index (κ2) is 3.37. The van der Waals surface area contributed by atoms with E-state index in [1.165, 1.54) is 35.8 Å². The normalized spacial score (nSPS) is 13.1. The van der Waals surface area contributed by atoms with Crippen LogP contribution in [0.1, 0.15) is 5.56 Å². The minimum Gasteiger partial charge on any atom is -0.264 e. The maximum atomic E-state index is 4.26. The van der Waals surface area contributed by atoms with Crippen molar-refractivity contribution in [3.63, 3.8) is 0 Å². The van der Waals surface area contributed by atoms with Crippen molar-refractivity contribution < 1.29 is 4.57 Å². The minimum absolute atomic E-state index is 0.966. The standard InChI is InChI=1S/C14H8N3S2/c1-3-15-5-10-8(1)7-17-13(10)19-12-9-2-4-16-6-11(9)18-14(12)17/h1-6H,7H2/q+1. The topological polar surface area (TPSA) is 29.7 Å². The molecule has 0 saturated heterocycles. The third kappa shape index (κ3) is 1.19. The largest absolute Gasteiger partial charge is 0.281 e. The number of nitrogens with zero attached hydrogens (tertiary/aromatic N) is 3. The average molecular weight is 282 g/mol. The fraction of sp³-hybridized carbons (Fsp3) is 0.0714. The number of thiazole rings is 1. The molecule has 0 atom stereocenters. The Kier molecular flexibility index (Phi) is 1.78. The summed E-state index contributed by atoms with van der Waals surface area (Å²) in [6.45, 7) is 0.966. The number of hydrogen-bond donors (Lipinski definition) is 0. The van der Waals surface area contributed by atoms with Crippen LogP contribution >= 0.6 is 22.7 Å². The quantitative estimate of drug-likeness (QED) is 0.408. The van der Waals surface area contributed by atoms with Crippen molar-refractivity contribution in [3.05, 3.63) is 42.5 Å². The lowest BCUT2D eigenvalue weighted by atomic mass is 10.2. The first kappa shape index (κ1) is 10.00. The summed E-state index contributed by atoms with van der Waals surface area (Å²) in [5, 5.41) is 2.66. The van der Waals surface area contributed by atoms with Crippen LogP contribution in [0.25, 0.3) is 30.2 Å². The van der Waals surface area contributed by atoms with Gasteiger partial charge in [-0.25, -0.2) is 0 Å². The molecule has 0 amide bonds. The molecule has 1 aliphatic rings. The van der Waals surface area contributed by atoms with E-state index in [9.17, 15) is 0 Å². The Morgan fingerprint density at radius 2 is 1.95 bits per heavy atom. The number of fused-ring (bicyclic) bond motifs is 7. The van der Waals surface area contributed by atoms with Gasteiger partial charge in [-0.15, -0.1) is 0 Å². The van der Waals surface area contributed by atoms with Crippen LogP contribution in [0.2, 0.25) is 0 Å². The number of pyridine rings is 2. The van der Waals surface area contributed by atoms with E-state index >= 15 is 0 Å². The van der Waals surface area contributed by atoms with Crippen LogP contribution in [-0.2, 0) is 6.54 Å². The molecule has 0 aliphatic carbocycles. The summed E-state index contributed by atoms with van der Waals surface area (Å²) in [5.41, 5.74) is 2.66. The number of thiophene rings is 1. The molecule has 5 heterocycles. The molecule has 1 aliphatic heterocycles. The van der Waals surface area contributed by atoms with E-state index in [1.807, 2.05) is 47.5 Å². The summed E-state index contributed by atoms with van der Waals surface area (Å²) in [5.74, 6) is 0. The highest BCUT2D eigenvalue weighted by molar-refractivity contribution is 7.32. The van der Waals surface area contributed by atoms with E-state index in [0.29, 0.717) is 0 Å². The lowest BCUT2D eigenvalue weighted by Crippen LogP contribution is -2.29. The molecule has 19 heavy (non-hydrogen) atoms. The summed E-state index contributed by atoms with van der Waals surface area (Å²) in [6.07, 6.45) is 7.70. The number of rotatable bonds is 0. The molecule has 0 saturated carbocycles. The van der Waals surface area contributed by atoms with Gasteiger partial charge in [-0.05, 0) is 12.1 Å². The average Bonchev–Trinajstić information content (AvgIpc) is 3.07. The van der Waals surface area contributed by atoms with Crippen molar-refractivity contribution in [2.75, 3.05) is 0 Å². The van der Waals surface area contributed by atoms with Crippen LogP contribution in [0.5, 0.6) is 0 Å². The maximum absolute atomic E-state index is 4.26. The number of hydrogen-bond acceptors (Lipinski definition) is 4. The molecule has 0 fully saturated rings. The third-order valence-electron chi connectivity index (χ3n) is 3.59. The zero-order chi connectivity index (χ0) is 12.4. The lowest BCUT2D eigenvalue weighted by molar-refractivity contribution is -0.639. The predicted molar refractivity (Wildman–Crippen MR) is 77.5 cm³/mol. The Morgan fingerprint density at radius 1 is 1.05 bits per heavy atom. The molecule has 90 valence electrons. The van der Waals surface area contributed by atoms with Crippen LogP contribution in [0.15, 0.2) is 36.9 Å². The van der Waals surface area contributed by atoms with Gasteiger partial charge in [0, 0.05) is 35.7 Å². The van der Waals surface area contributed by atoms with Gasteiger partial charge in [-0.3, -0.25) is 9.97 Å². The van der Waals surface area contributed by atoms with Crippen molar-refractivity contribution in [2.24, 2.45) is 0 Å². The smallest absolute Gasteiger partial charge is 0.264 e. The molecule has 5 rings (SSSR count). The van der Waals surface area contributed by atoms with E-state index in [4.69, 9.17) is 0 Å². The van der Waals surface area contributed by atoms with Crippen LogP contribution < -0.4 is 4.57 Å². The minimum atomic E-state index is 0.966. The first-order valence-electron chi connectivity index (χ1n) is 6.04. The molecule has 0 unspecified atom stereocenters. The number of aromatic nitrogens is 3. The van der Waals surface area contributed by atoms with Gasteiger partial charge in [0.1, 0.15) is 4.70 Å². The molecule has 0 radical (unpaired) electrons. The van der Waals surface area contributed by atoms with E-state index in [2.05, 4.69) is 26.7 Å². The Morgan fingerprint density at radius 3 is 2.95 bits per heavy atom. The summed E-state index contributed by atoms with van der Waals surface area (Å²) in [4.78, 5) is 9.84. The van der Waals surface area contributed by atoms with E-state index in [1.54, 1.807) is 0 Å². The molecule has 0 aromatic carbocycles. The van der Waals surface area contributed by atoms with E-state index in [0.717, 1.165) is 6.54 Å².